The zero-order chi connectivity index (χ0) is 12.8. The summed E-state index contributed by atoms with van der Waals surface area (Å²) in [5.74, 6) is 0.560. The second kappa shape index (κ2) is 5.80. The van der Waals surface area contributed by atoms with Gasteiger partial charge < -0.3 is 10.3 Å². The fourth-order valence-electron chi connectivity index (χ4n) is 1.92. The summed E-state index contributed by atoms with van der Waals surface area (Å²) in [5.41, 5.74) is 11.2. The Hall–Kier alpha value is -2.38. The average Bonchev–Trinajstić information content (AvgIpc) is 2.46. The van der Waals surface area contributed by atoms with E-state index in [4.69, 9.17) is 0 Å². The molecule has 0 bridgehead atoms. The van der Waals surface area contributed by atoms with Crippen LogP contribution >= 0.6 is 0 Å². The van der Waals surface area contributed by atoms with Gasteiger partial charge in [0.15, 0.2) is 0 Å². The number of para-hydroxylation sites is 1. The third-order valence-corrected chi connectivity index (χ3v) is 2.77. The van der Waals surface area contributed by atoms with Crippen molar-refractivity contribution < 1.29 is 4.79 Å². The minimum atomic E-state index is 0.560. The van der Waals surface area contributed by atoms with Crippen molar-refractivity contribution in [3.63, 3.8) is 0 Å². The molecule has 0 atom stereocenters. The lowest BCUT2D eigenvalue weighted by atomic mass is 10.1. The Bertz CT molecular complexity index is 542. The van der Waals surface area contributed by atoms with Crippen LogP contribution < -0.4 is 4.90 Å². The Balaban J connectivity index is 2.41. The molecule has 0 fully saturated rings. The van der Waals surface area contributed by atoms with Gasteiger partial charge in [-0.2, -0.15) is 0 Å². The summed E-state index contributed by atoms with van der Waals surface area (Å²) in [4.78, 5) is 5.42. The molecule has 0 aliphatic carbocycles. The summed E-state index contributed by atoms with van der Waals surface area (Å²) in [6.45, 7) is 2.76. The normalized spacial score (nSPS) is 9.61. The van der Waals surface area contributed by atoms with Gasteiger partial charge in [-0.25, -0.2) is 4.90 Å². The quantitative estimate of drug-likeness (QED) is 0.350. The summed E-state index contributed by atoms with van der Waals surface area (Å²) < 4.78 is 0. The van der Waals surface area contributed by atoms with E-state index in [0.29, 0.717) is 5.84 Å². The van der Waals surface area contributed by atoms with Gasteiger partial charge in [0.2, 0.25) is 0 Å². The van der Waals surface area contributed by atoms with E-state index in [1.165, 1.54) is 0 Å². The number of hydrogen-bond acceptors (Lipinski definition) is 0. The molecule has 3 heteroatoms. The first-order valence-corrected chi connectivity index (χ1v) is 5.97. The molecule has 0 saturated carbocycles. The number of nitrogens with zero attached hydrogens (tertiary/aromatic N) is 3. The van der Waals surface area contributed by atoms with Gasteiger partial charge in [-0.05, 0) is 31.2 Å². The number of rotatable bonds is 3. The van der Waals surface area contributed by atoms with Gasteiger partial charge in [0.1, 0.15) is 5.69 Å². The van der Waals surface area contributed by atoms with Crippen LogP contribution in [0.3, 0.4) is 0 Å². The molecule has 0 aromatic heterocycles. The molecular weight excluding hydrogens is 222 g/mol. The minimum absolute atomic E-state index is 0.560. The van der Waals surface area contributed by atoms with Gasteiger partial charge in [0.05, 0.1) is 12.1 Å². The molecule has 0 saturated heterocycles. The van der Waals surface area contributed by atoms with Crippen LogP contribution in [0.5, 0.6) is 0 Å². The van der Waals surface area contributed by atoms with Crippen molar-refractivity contribution in [3.05, 3.63) is 71.8 Å². The summed E-state index contributed by atoms with van der Waals surface area (Å²) in [6.07, 6.45) is 0. The van der Waals surface area contributed by atoms with Crippen molar-refractivity contribution in [1.29, 1.82) is 0 Å². The molecule has 0 heterocycles. The first-order valence-electron chi connectivity index (χ1n) is 5.97. The molecule has 2 aromatic rings. The number of anilines is 1. The Labute approximate surface area is 107 Å². The lowest BCUT2D eigenvalue weighted by Gasteiger charge is -2.14. The van der Waals surface area contributed by atoms with Crippen LogP contribution in [0.15, 0.2) is 60.7 Å². The third-order valence-electron chi connectivity index (χ3n) is 2.77. The van der Waals surface area contributed by atoms with E-state index >= 15 is 0 Å². The van der Waals surface area contributed by atoms with Gasteiger partial charge in [-0.1, -0.05) is 36.4 Å². The Morgan fingerprint density at radius 3 is 2.06 bits per heavy atom. The Morgan fingerprint density at radius 2 is 1.56 bits per heavy atom. The predicted molar refractivity (Wildman–Crippen MR) is 73.6 cm³/mol. The highest BCUT2D eigenvalue weighted by Gasteiger charge is 2.22. The zero-order valence-corrected chi connectivity index (χ0v) is 10.3. The van der Waals surface area contributed by atoms with Crippen LogP contribution in [-0.4, -0.2) is 17.2 Å². The molecule has 3 nitrogen and oxygen atoms in total. The maximum atomic E-state index is 9.29. The Kier molecular flexibility index (Phi) is 3.90. The summed E-state index contributed by atoms with van der Waals surface area (Å²) >= 11 is 0. The van der Waals surface area contributed by atoms with Gasteiger partial charge in [0.25, 0.3) is 0 Å². The molecule has 90 valence electrons. The first kappa shape index (κ1) is 12.1. The van der Waals surface area contributed by atoms with Crippen LogP contribution in [0.4, 0.5) is 5.69 Å². The molecular formula is C15H15N3. The van der Waals surface area contributed by atoms with Crippen molar-refractivity contribution in [1.82, 2.24) is 0 Å². The van der Waals surface area contributed by atoms with Crippen LogP contribution in [0.1, 0.15) is 12.5 Å². The standard InChI is InChI=1S/C15H15N3/c1-2-18(14-11-7-4-8-12-14)15(17-16)13-9-5-3-6-10-13/h3-12H,2H2,1H3. The van der Waals surface area contributed by atoms with Gasteiger partial charge >= 0.3 is 5.84 Å². The van der Waals surface area contributed by atoms with E-state index in [1.807, 2.05) is 72.5 Å². The van der Waals surface area contributed by atoms with Gasteiger partial charge in [-0.3, -0.25) is 0 Å². The highest BCUT2D eigenvalue weighted by Crippen LogP contribution is 2.16. The largest absolute Gasteiger partial charge is 0.497 e. The highest BCUT2D eigenvalue weighted by atomic mass is 15.2. The summed E-state index contributed by atoms with van der Waals surface area (Å²) in [6, 6.07) is 19.6. The second-order valence-corrected chi connectivity index (χ2v) is 3.87. The number of hydrogen-bond donors (Lipinski definition) is 0. The van der Waals surface area contributed by atoms with Crippen LogP contribution in [0.25, 0.3) is 5.53 Å². The van der Waals surface area contributed by atoms with Crippen LogP contribution in [0.2, 0.25) is 0 Å². The molecule has 2 aromatic carbocycles. The molecule has 0 aliphatic rings. The first-order chi connectivity index (χ1) is 8.86. The average molecular weight is 237 g/mol. The fraction of sp³-hybridized carbons (Fsp3) is 0.133. The lowest BCUT2D eigenvalue weighted by molar-refractivity contribution is -0.00644. The molecule has 0 N–H and O–H groups in total. The topological polar surface area (TPSA) is 39.6 Å². The molecule has 0 aliphatic heterocycles. The summed E-state index contributed by atoms with van der Waals surface area (Å²) in [5, 5.41) is 0. The molecule has 0 amide bonds. The smallest absolute Gasteiger partial charge is 0.367 e. The van der Waals surface area contributed by atoms with Crippen molar-refractivity contribution in [2.24, 2.45) is 0 Å². The lowest BCUT2D eigenvalue weighted by Crippen LogP contribution is -2.32. The fourth-order valence-corrected chi connectivity index (χ4v) is 1.92. The van der Waals surface area contributed by atoms with E-state index in [9.17, 15) is 5.53 Å². The zero-order valence-electron chi connectivity index (χ0n) is 10.3. The molecule has 0 spiro atoms. The minimum Gasteiger partial charge on any atom is -0.497 e. The van der Waals surface area contributed by atoms with E-state index < -0.39 is 0 Å². The Morgan fingerprint density at radius 1 is 1.00 bits per heavy atom. The third kappa shape index (κ3) is 2.47. The van der Waals surface area contributed by atoms with Gasteiger partial charge in [-0.15, -0.1) is 0 Å². The maximum absolute atomic E-state index is 9.29. The second-order valence-electron chi connectivity index (χ2n) is 3.87. The molecule has 0 unspecified atom stereocenters. The van der Waals surface area contributed by atoms with E-state index in [1.54, 1.807) is 0 Å². The van der Waals surface area contributed by atoms with Crippen molar-refractivity contribution in [2.45, 2.75) is 6.92 Å². The number of benzene rings is 2. The molecule has 18 heavy (non-hydrogen) atoms. The van der Waals surface area contributed by atoms with Gasteiger partial charge in [0, 0.05) is 0 Å². The van der Waals surface area contributed by atoms with Crippen molar-refractivity contribution in [3.8, 4) is 0 Å². The monoisotopic (exact) mass is 237 g/mol. The van der Waals surface area contributed by atoms with E-state index in [-0.39, 0.29) is 0 Å². The molecule has 0 radical (unpaired) electrons. The SMILES string of the molecule is CCN(C(=[N+]=[N-])c1ccccc1)c1ccccc1. The van der Waals surface area contributed by atoms with E-state index in [2.05, 4.69) is 4.79 Å². The van der Waals surface area contributed by atoms with Crippen molar-refractivity contribution in [2.75, 3.05) is 11.4 Å². The van der Waals surface area contributed by atoms with Crippen molar-refractivity contribution >= 4 is 11.5 Å². The predicted octanol–water partition coefficient (Wildman–Crippen LogP) is 3.19. The highest BCUT2D eigenvalue weighted by molar-refractivity contribution is 6.06. The number of amidine groups is 1. The van der Waals surface area contributed by atoms with Crippen LogP contribution in [0, 0.1) is 0 Å². The van der Waals surface area contributed by atoms with Crippen LogP contribution in [-0.2, 0) is 0 Å². The molecule has 2 rings (SSSR count). The van der Waals surface area contributed by atoms with E-state index in [0.717, 1.165) is 17.8 Å². The summed E-state index contributed by atoms with van der Waals surface area (Å²) in [7, 11) is 0. The maximum Gasteiger partial charge on any atom is 0.367 e.